The number of carbonyl (C=O) groups excluding carboxylic acids is 1. The molecule has 1 unspecified atom stereocenters. The summed E-state index contributed by atoms with van der Waals surface area (Å²) in [6.45, 7) is 0. The number of amides is 1. The molecule has 0 aromatic heterocycles. The summed E-state index contributed by atoms with van der Waals surface area (Å²) in [5.74, 6) is -0.316. The summed E-state index contributed by atoms with van der Waals surface area (Å²) in [4.78, 5) is 24.5. The standard InChI is InChI=1S/C14H17NO5/c1-15-10-6-9(19-2)7-11(20-3)14(10)8(4-12(15)16)5-13(17)18/h6-8H,4-5H2,1-3H3,(H,17,18). The van der Waals surface area contributed by atoms with Crippen LogP contribution in [0.25, 0.3) is 0 Å². The summed E-state index contributed by atoms with van der Waals surface area (Å²) in [5.41, 5.74) is 1.39. The summed E-state index contributed by atoms with van der Waals surface area (Å²) in [7, 11) is 4.71. The van der Waals surface area contributed by atoms with E-state index < -0.39 is 5.97 Å². The number of rotatable bonds is 4. The maximum atomic E-state index is 12.0. The fourth-order valence-corrected chi connectivity index (χ4v) is 2.53. The first-order valence-electron chi connectivity index (χ1n) is 6.22. The van der Waals surface area contributed by atoms with Crippen LogP contribution >= 0.6 is 0 Å². The van der Waals surface area contributed by atoms with E-state index in [1.165, 1.54) is 19.1 Å². The Morgan fingerprint density at radius 1 is 1.40 bits per heavy atom. The molecule has 0 aliphatic carbocycles. The van der Waals surface area contributed by atoms with Crippen molar-refractivity contribution in [1.82, 2.24) is 0 Å². The van der Waals surface area contributed by atoms with Crippen LogP contribution < -0.4 is 14.4 Å². The SMILES string of the molecule is COc1cc(OC)c2c(c1)N(C)C(=O)CC2CC(=O)O. The van der Waals surface area contributed by atoms with Gasteiger partial charge in [-0.25, -0.2) is 0 Å². The van der Waals surface area contributed by atoms with Gasteiger partial charge in [-0.1, -0.05) is 0 Å². The zero-order valence-corrected chi connectivity index (χ0v) is 11.7. The van der Waals surface area contributed by atoms with Crippen LogP contribution in [0.2, 0.25) is 0 Å². The highest BCUT2D eigenvalue weighted by Crippen LogP contribution is 2.45. The molecule has 0 bridgehead atoms. The zero-order chi connectivity index (χ0) is 14.9. The summed E-state index contributed by atoms with van der Waals surface area (Å²) in [5, 5.41) is 9.02. The van der Waals surface area contributed by atoms with Gasteiger partial charge >= 0.3 is 5.97 Å². The number of fused-ring (bicyclic) bond motifs is 1. The van der Waals surface area contributed by atoms with Crippen LogP contribution in [0.5, 0.6) is 11.5 Å². The van der Waals surface area contributed by atoms with Gasteiger partial charge in [-0.3, -0.25) is 9.59 Å². The highest BCUT2D eigenvalue weighted by Gasteiger charge is 2.33. The fraction of sp³-hybridized carbons (Fsp3) is 0.429. The van der Waals surface area contributed by atoms with Gasteiger partial charge in [-0.15, -0.1) is 0 Å². The molecule has 0 fully saturated rings. The number of methoxy groups -OCH3 is 2. The van der Waals surface area contributed by atoms with Crippen molar-refractivity contribution in [2.45, 2.75) is 18.8 Å². The van der Waals surface area contributed by atoms with E-state index in [-0.39, 0.29) is 24.7 Å². The van der Waals surface area contributed by atoms with E-state index in [1.54, 1.807) is 19.2 Å². The van der Waals surface area contributed by atoms with Crippen molar-refractivity contribution < 1.29 is 24.2 Å². The number of nitrogens with zero attached hydrogens (tertiary/aromatic N) is 1. The quantitative estimate of drug-likeness (QED) is 0.906. The molecule has 1 atom stereocenters. The van der Waals surface area contributed by atoms with E-state index in [4.69, 9.17) is 14.6 Å². The number of carboxylic acids is 1. The van der Waals surface area contributed by atoms with Gasteiger partial charge in [-0.05, 0) is 0 Å². The van der Waals surface area contributed by atoms with Crippen molar-refractivity contribution in [2.24, 2.45) is 0 Å². The largest absolute Gasteiger partial charge is 0.497 e. The first-order chi connectivity index (χ1) is 9.47. The summed E-state index contributed by atoms with van der Waals surface area (Å²) >= 11 is 0. The predicted octanol–water partition coefficient (Wildman–Crippen LogP) is 1.63. The topological polar surface area (TPSA) is 76.1 Å². The second-order valence-corrected chi connectivity index (χ2v) is 4.71. The average molecular weight is 279 g/mol. The molecular weight excluding hydrogens is 262 g/mol. The Hall–Kier alpha value is -2.24. The van der Waals surface area contributed by atoms with Gasteiger partial charge in [-0.2, -0.15) is 0 Å². The maximum Gasteiger partial charge on any atom is 0.303 e. The lowest BCUT2D eigenvalue weighted by Crippen LogP contribution is -2.34. The second kappa shape index (κ2) is 5.40. The molecule has 1 aliphatic heterocycles. The Morgan fingerprint density at radius 3 is 2.65 bits per heavy atom. The van der Waals surface area contributed by atoms with Crippen LogP contribution in [-0.2, 0) is 9.59 Å². The first-order valence-corrected chi connectivity index (χ1v) is 6.22. The number of ether oxygens (including phenoxy) is 2. The van der Waals surface area contributed by atoms with E-state index in [0.717, 1.165) is 5.56 Å². The second-order valence-electron chi connectivity index (χ2n) is 4.71. The number of hydrogen-bond acceptors (Lipinski definition) is 4. The number of carboxylic acid groups (broad SMARTS) is 1. The Bertz CT molecular complexity index is 555. The van der Waals surface area contributed by atoms with Crippen LogP contribution in [0, 0.1) is 0 Å². The van der Waals surface area contributed by atoms with Crippen LogP contribution in [0.3, 0.4) is 0 Å². The molecule has 6 nitrogen and oxygen atoms in total. The van der Waals surface area contributed by atoms with Gasteiger partial charge in [0.1, 0.15) is 11.5 Å². The van der Waals surface area contributed by atoms with Gasteiger partial charge < -0.3 is 19.5 Å². The monoisotopic (exact) mass is 279 g/mol. The third-order valence-corrected chi connectivity index (χ3v) is 3.54. The highest BCUT2D eigenvalue weighted by molar-refractivity contribution is 5.98. The molecule has 1 aromatic rings. The number of benzene rings is 1. The minimum absolute atomic E-state index is 0.102. The van der Waals surface area contributed by atoms with Crippen molar-refractivity contribution in [3.8, 4) is 11.5 Å². The molecule has 0 saturated heterocycles. The van der Waals surface area contributed by atoms with Crippen molar-refractivity contribution in [3.05, 3.63) is 17.7 Å². The van der Waals surface area contributed by atoms with Crippen molar-refractivity contribution in [2.75, 3.05) is 26.2 Å². The molecule has 0 saturated carbocycles. The molecule has 1 N–H and O–H groups in total. The van der Waals surface area contributed by atoms with E-state index in [2.05, 4.69) is 0 Å². The van der Waals surface area contributed by atoms with Crippen LogP contribution in [0.15, 0.2) is 12.1 Å². The lowest BCUT2D eigenvalue weighted by atomic mass is 9.86. The van der Waals surface area contributed by atoms with Gasteiger partial charge in [0.2, 0.25) is 5.91 Å². The molecular formula is C14H17NO5. The minimum Gasteiger partial charge on any atom is -0.497 e. The third-order valence-electron chi connectivity index (χ3n) is 3.54. The smallest absolute Gasteiger partial charge is 0.303 e. The van der Waals surface area contributed by atoms with Gasteiger partial charge in [0, 0.05) is 37.1 Å². The average Bonchev–Trinajstić information content (AvgIpc) is 2.42. The Labute approximate surface area is 116 Å². The van der Waals surface area contributed by atoms with Crippen molar-refractivity contribution in [1.29, 1.82) is 0 Å². The molecule has 1 aliphatic rings. The predicted molar refractivity (Wildman–Crippen MR) is 72.6 cm³/mol. The molecule has 1 heterocycles. The normalized spacial score (nSPS) is 17.6. The highest BCUT2D eigenvalue weighted by atomic mass is 16.5. The van der Waals surface area contributed by atoms with E-state index >= 15 is 0 Å². The maximum absolute atomic E-state index is 12.0. The molecule has 0 radical (unpaired) electrons. The Kier molecular flexibility index (Phi) is 3.83. The van der Waals surface area contributed by atoms with Crippen LogP contribution in [-0.4, -0.2) is 38.3 Å². The van der Waals surface area contributed by atoms with Crippen LogP contribution in [0.4, 0.5) is 5.69 Å². The first kappa shape index (κ1) is 14.2. The molecule has 1 amide bonds. The van der Waals surface area contributed by atoms with Crippen molar-refractivity contribution >= 4 is 17.6 Å². The number of aliphatic carboxylic acids is 1. The van der Waals surface area contributed by atoms with Gasteiger partial charge in [0.25, 0.3) is 0 Å². The molecule has 0 spiro atoms. The molecule has 6 heteroatoms. The lowest BCUT2D eigenvalue weighted by molar-refractivity contribution is -0.137. The van der Waals surface area contributed by atoms with E-state index in [9.17, 15) is 9.59 Å². The Morgan fingerprint density at radius 2 is 2.10 bits per heavy atom. The number of hydrogen-bond donors (Lipinski definition) is 1. The summed E-state index contributed by atoms with van der Waals surface area (Å²) < 4.78 is 10.5. The third kappa shape index (κ3) is 2.41. The molecule has 20 heavy (non-hydrogen) atoms. The zero-order valence-electron chi connectivity index (χ0n) is 11.7. The number of anilines is 1. The summed E-state index contributed by atoms with van der Waals surface area (Å²) in [6, 6.07) is 3.43. The minimum atomic E-state index is -0.934. The number of carbonyl (C=O) groups is 2. The molecule has 2 rings (SSSR count). The van der Waals surface area contributed by atoms with Crippen LogP contribution in [0.1, 0.15) is 24.3 Å². The lowest BCUT2D eigenvalue weighted by Gasteiger charge is -2.32. The van der Waals surface area contributed by atoms with E-state index in [1.807, 2.05) is 0 Å². The van der Waals surface area contributed by atoms with Crippen molar-refractivity contribution in [3.63, 3.8) is 0 Å². The van der Waals surface area contributed by atoms with Gasteiger partial charge in [0.15, 0.2) is 0 Å². The van der Waals surface area contributed by atoms with E-state index in [0.29, 0.717) is 17.2 Å². The fourth-order valence-electron chi connectivity index (χ4n) is 2.53. The summed E-state index contributed by atoms with van der Waals surface area (Å²) in [6.07, 6.45) is 0.0633. The molecule has 1 aromatic carbocycles. The van der Waals surface area contributed by atoms with Gasteiger partial charge in [0.05, 0.1) is 26.3 Å². The molecule has 108 valence electrons. The Balaban J connectivity index is 2.59.